The van der Waals surface area contributed by atoms with E-state index in [-0.39, 0.29) is 49.1 Å². The van der Waals surface area contributed by atoms with E-state index in [0.717, 1.165) is 122 Å². The van der Waals surface area contributed by atoms with E-state index in [1.165, 1.54) is 23.1 Å². The summed E-state index contributed by atoms with van der Waals surface area (Å²) in [6.07, 6.45) is -8.33. The Balaban J connectivity index is 0.850. The van der Waals surface area contributed by atoms with E-state index >= 15 is 0 Å². The molecule has 7 rings (SSSR count). The average Bonchev–Trinajstić information content (AvgIpc) is 1.22. The fraction of sp³-hybridized carbons (Fsp3) is 0.638. The molecule has 7 atom stereocenters. The molecule has 0 heterocycles. The molecule has 3 aliphatic rings. The van der Waals surface area contributed by atoms with Crippen molar-refractivity contribution >= 4 is 30.1 Å². The zero-order valence-electron chi connectivity index (χ0n) is 54.3. The first kappa shape index (κ1) is 75.4. The average molecular weight is 1360 g/mol. The Morgan fingerprint density at radius 3 is 1.83 bits per heavy atom. The molecule has 2 saturated carbocycles. The number of nitriles is 1. The van der Waals surface area contributed by atoms with Crippen molar-refractivity contribution in [3.8, 4) is 23.3 Å². The second-order valence-corrected chi connectivity index (χ2v) is 29.3. The van der Waals surface area contributed by atoms with Crippen LogP contribution in [0.15, 0.2) is 97.1 Å². The van der Waals surface area contributed by atoms with Gasteiger partial charge in [0.15, 0.2) is 0 Å². The second kappa shape index (κ2) is 34.8. The maximum Gasteiger partial charge on any atom is 0.435 e. The molecule has 11 nitrogen and oxygen atoms in total. The lowest BCUT2D eigenvalue weighted by Gasteiger charge is -2.50. The van der Waals surface area contributed by atoms with Crippen molar-refractivity contribution in [1.82, 2.24) is 9.57 Å². The summed E-state index contributed by atoms with van der Waals surface area (Å²) in [6, 6.07) is 35.6. The molecule has 7 unspecified atom stereocenters. The Kier molecular flexibility index (Phi) is 28.5. The summed E-state index contributed by atoms with van der Waals surface area (Å²) in [5.74, 6) is 5.72. The van der Waals surface area contributed by atoms with Crippen LogP contribution in [-0.2, 0) is 35.3 Å². The fourth-order valence-electron chi connectivity index (χ4n) is 13.8. The molecule has 0 N–H and O–H groups in total. The third kappa shape index (κ3) is 18.8. The van der Waals surface area contributed by atoms with Crippen LogP contribution in [0.3, 0.4) is 0 Å². The molecular weight excluding hydrogens is 1260 g/mol. The van der Waals surface area contributed by atoms with Crippen LogP contribution in [0.25, 0.3) is 0 Å². The quantitative estimate of drug-likeness (QED) is 0.0140. The summed E-state index contributed by atoms with van der Waals surface area (Å²) in [5, 5.41) is 9.39. The minimum atomic E-state index is -6.76. The van der Waals surface area contributed by atoms with E-state index in [4.69, 9.17) is 32.7 Å². The number of alkyl halides is 9. The van der Waals surface area contributed by atoms with Gasteiger partial charge in [0.1, 0.15) is 22.8 Å². The lowest BCUT2D eigenvalue weighted by molar-refractivity contribution is -0.457. The van der Waals surface area contributed by atoms with E-state index in [2.05, 4.69) is 105 Å². The van der Waals surface area contributed by atoms with Crippen molar-refractivity contribution in [2.75, 3.05) is 85.5 Å². The van der Waals surface area contributed by atoms with Gasteiger partial charge in [-0.2, -0.15) is 44.8 Å². The highest BCUT2D eigenvalue weighted by atomic mass is 33.1. The highest BCUT2D eigenvalue weighted by Gasteiger charge is 2.85. The molecular formula is C69H93F9N3O8PS2. The molecule has 512 valence electrons. The van der Waals surface area contributed by atoms with Crippen LogP contribution in [0.2, 0.25) is 0 Å². The summed E-state index contributed by atoms with van der Waals surface area (Å²) in [6.45, 7) is 10.7. The van der Waals surface area contributed by atoms with Crippen LogP contribution in [0.5, 0.6) is 17.2 Å². The van der Waals surface area contributed by atoms with E-state index in [9.17, 15) is 44.8 Å². The number of nitrogens with zero attached hydrogens (tertiary/aromatic N) is 3. The number of likely N-dealkylation sites (N-methyl/N-ethyl adjacent to an activating group) is 1. The van der Waals surface area contributed by atoms with Crippen LogP contribution in [0, 0.1) is 34.5 Å². The van der Waals surface area contributed by atoms with Gasteiger partial charge >= 0.3 is 24.1 Å². The van der Waals surface area contributed by atoms with E-state index in [1.54, 1.807) is 14.2 Å². The number of hydrogen-bond donors (Lipinski definition) is 0. The number of halogens is 9. The lowest BCUT2D eigenvalue weighted by atomic mass is 9.55. The number of unbranched alkanes of at least 4 members (excludes halogenated alkanes) is 3. The summed E-state index contributed by atoms with van der Waals surface area (Å²) in [5.41, 5.74) is -1.76. The summed E-state index contributed by atoms with van der Waals surface area (Å²) in [7, 11) is 7.06. The van der Waals surface area contributed by atoms with Crippen LogP contribution in [-0.4, -0.2) is 137 Å². The highest BCUT2D eigenvalue weighted by molar-refractivity contribution is 8.76. The third-order valence-corrected chi connectivity index (χ3v) is 23.1. The Morgan fingerprint density at radius 2 is 1.23 bits per heavy atom. The molecule has 92 heavy (non-hydrogen) atoms. The molecule has 2 fully saturated rings. The fourth-order valence-corrected chi connectivity index (χ4v) is 17.7. The van der Waals surface area contributed by atoms with Gasteiger partial charge in [-0.3, -0.25) is 0 Å². The number of ether oxygens (including phenoxy) is 6. The van der Waals surface area contributed by atoms with Gasteiger partial charge in [-0.15, -0.1) is 0 Å². The van der Waals surface area contributed by atoms with Gasteiger partial charge in [-0.25, -0.2) is 4.67 Å². The Bertz CT molecular complexity index is 2780. The number of hydrogen-bond acceptors (Lipinski definition) is 13. The molecule has 0 radical (unpaired) electrons. The summed E-state index contributed by atoms with van der Waals surface area (Å²) < 4.78 is 170. The first-order valence-corrected chi connectivity index (χ1v) is 35.8. The number of aryl methyl sites for hydroxylation is 1. The molecule has 0 amide bonds. The van der Waals surface area contributed by atoms with E-state index in [1.807, 2.05) is 64.1 Å². The number of rotatable bonds is 38. The predicted molar refractivity (Wildman–Crippen MR) is 346 cm³/mol. The topological polar surface area (TPSA) is 104 Å². The molecule has 23 heteroatoms. The predicted octanol–water partition coefficient (Wildman–Crippen LogP) is 18.3. The summed E-state index contributed by atoms with van der Waals surface area (Å²) in [4.78, 5) is 1.31. The highest BCUT2D eigenvalue weighted by Crippen LogP contribution is 2.62. The third-order valence-electron chi connectivity index (χ3n) is 18.5. The molecule has 4 aromatic rings. The number of benzene rings is 4. The monoisotopic (exact) mass is 1360 g/mol. The van der Waals surface area contributed by atoms with Crippen molar-refractivity contribution in [2.24, 2.45) is 23.2 Å². The molecule has 0 spiro atoms. The SMILES string of the molecule is COc1ccc(C(OCC(CCCCCCSSCCCOc2ccc3c(c2)CCC2C3CCC3(C)C(OCCN(C)CCOC(C(F)(F)F)(C(F)(F)F)C(F)(F)F)CCC23)COP(OCCC#N)N(C(C)C)C(C)C)(c2ccccc2)c2ccc(OC)cc2)cc1. The van der Waals surface area contributed by atoms with Gasteiger partial charge in [0.05, 0.1) is 72.5 Å². The first-order chi connectivity index (χ1) is 43.8. The maximum atomic E-state index is 13.3. The Labute approximate surface area is 548 Å². The Hall–Kier alpha value is -4.01. The molecule has 3 aliphatic carbocycles. The van der Waals surface area contributed by atoms with Gasteiger partial charge in [-0.1, -0.05) is 108 Å². The normalized spacial score (nSPS) is 20.3. The smallest absolute Gasteiger partial charge is 0.435 e. The van der Waals surface area contributed by atoms with Crippen LogP contribution in [0.1, 0.15) is 145 Å². The van der Waals surface area contributed by atoms with E-state index < -0.39 is 51.4 Å². The molecule has 0 aromatic heterocycles. The first-order valence-electron chi connectivity index (χ1n) is 32.2. The van der Waals surface area contributed by atoms with Crippen molar-refractivity contribution in [3.63, 3.8) is 0 Å². The lowest BCUT2D eigenvalue weighted by Crippen LogP contribution is -2.68. The van der Waals surface area contributed by atoms with Gasteiger partial charge < -0.3 is 42.4 Å². The van der Waals surface area contributed by atoms with Crippen molar-refractivity contribution in [3.05, 3.63) is 125 Å². The van der Waals surface area contributed by atoms with Crippen LogP contribution < -0.4 is 14.2 Å². The van der Waals surface area contributed by atoms with Gasteiger partial charge in [-0.05, 0) is 180 Å². The zero-order chi connectivity index (χ0) is 66.7. The molecule has 0 bridgehead atoms. The molecule has 4 aromatic carbocycles. The largest absolute Gasteiger partial charge is 0.497 e. The second-order valence-electron chi connectivity index (χ2n) is 25.2. The van der Waals surface area contributed by atoms with Gasteiger partial charge in [0.2, 0.25) is 0 Å². The standard InChI is InChI=1S/C69H93F9N3O8PS2/c1-49(2)81(50(3)4)90(88-41-16-37-79)89-48-51(47-87-65(53-19-13-11-14-20-53,54-22-26-56(82-7)27-23-54)55-24-28-57(83-8)29-25-55)18-12-9-10-15-44-91-92-45-17-40-84-58-30-32-59-52(46-58)21-31-61-60(59)35-36-64(5)62(61)33-34-63(64)85-42-38-80(6)39-43-86-66(67(70,71)72,68(73,74)75)69(76,77)78/h11,13-14,19-20,22-30,32,46,49-51,60-63H,9-10,12,15-18,21,31,33-36,38-45,47-48H2,1-8H3. The summed E-state index contributed by atoms with van der Waals surface area (Å²) >= 11 is 0. The Morgan fingerprint density at radius 1 is 0.641 bits per heavy atom. The van der Waals surface area contributed by atoms with Gasteiger partial charge in [0.25, 0.3) is 8.53 Å². The minimum absolute atomic E-state index is 0.0172. The van der Waals surface area contributed by atoms with Crippen molar-refractivity contribution in [1.29, 1.82) is 5.26 Å². The molecule has 0 aliphatic heterocycles. The minimum Gasteiger partial charge on any atom is -0.497 e. The maximum absolute atomic E-state index is 13.3. The molecule has 0 saturated heterocycles. The van der Waals surface area contributed by atoms with E-state index in [0.29, 0.717) is 44.2 Å². The van der Waals surface area contributed by atoms with Crippen molar-refractivity contribution in [2.45, 2.75) is 172 Å². The number of methoxy groups -OCH3 is 2. The van der Waals surface area contributed by atoms with Crippen LogP contribution in [0.4, 0.5) is 39.5 Å². The van der Waals surface area contributed by atoms with Crippen LogP contribution >= 0.6 is 30.1 Å². The number of fused-ring (bicyclic) bond motifs is 5. The van der Waals surface area contributed by atoms with Crippen molar-refractivity contribution < 1.29 is 77.0 Å². The zero-order valence-corrected chi connectivity index (χ0v) is 56.8. The van der Waals surface area contributed by atoms with Gasteiger partial charge in [0, 0.05) is 42.6 Å².